The first-order chi connectivity index (χ1) is 7.13. The number of rotatable bonds is 4. The van der Waals surface area contributed by atoms with Crippen molar-refractivity contribution in [2.24, 2.45) is 0 Å². The van der Waals surface area contributed by atoms with Crippen LogP contribution in [0.3, 0.4) is 0 Å². The van der Waals surface area contributed by atoms with E-state index in [-0.39, 0.29) is 6.04 Å². The second-order valence-corrected chi connectivity index (χ2v) is 3.88. The normalized spacial score (nSPS) is 11.8. The molecule has 0 spiro atoms. The Morgan fingerprint density at radius 3 is 3.00 bits per heavy atom. The maximum atomic E-state index is 10.6. The van der Waals surface area contributed by atoms with Crippen LogP contribution in [0.2, 0.25) is 0 Å². The van der Waals surface area contributed by atoms with Crippen molar-refractivity contribution in [1.29, 1.82) is 0 Å². The van der Waals surface area contributed by atoms with Crippen molar-refractivity contribution in [3.63, 3.8) is 0 Å². The first-order valence-corrected chi connectivity index (χ1v) is 5.13. The maximum absolute atomic E-state index is 10.6. The number of amides is 1. The SMILES string of the molecule is C=CC[C@H](NC(=O)O)c1cncc(Br)c1. The molecule has 5 heteroatoms. The number of hydrogen-bond acceptors (Lipinski definition) is 2. The van der Waals surface area contributed by atoms with Crippen molar-refractivity contribution in [1.82, 2.24) is 10.3 Å². The number of carbonyl (C=O) groups is 1. The lowest BCUT2D eigenvalue weighted by atomic mass is 10.1. The number of halogens is 1. The summed E-state index contributed by atoms with van der Waals surface area (Å²) in [6, 6.07) is 1.53. The van der Waals surface area contributed by atoms with Crippen LogP contribution >= 0.6 is 15.9 Å². The molecule has 1 amide bonds. The van der Waals surface area contributed by atoms with Crippen LogP contribution in [0.4, 0.5) is 4.79 Å². The van der Waals surface area contributed by atoms with E-state index < -0.39 is 6.09 Å². The number of aromatic nitrogens is 1. The van der Waals surface area contributed by atoms with E-state index in [0.717, 1.165) is 10.0 Å². The van der Waals surface area contributed by atoms with Crippen LogP contribution in [0.25, 0.3) is 0 Å². The number of hydrogen-bond donors (Lipinski definition) is 2. The average molecular weight is 271 g/mol. The fourth-order valence-corrected chi connectivity index (χ4v) is 1.60. The van der Waals surface area contributed by atoms with Crippen molar-refractivity contribution >= 4 is 22.0 Å². The summed E-state index contributed by atoms with van der Waals surface area (Å²) in [7, 11) is 0. The Morgan fingerprint density at radius 2 is 2.47 bits per heavy atom. The molecular weight excluding hydrogens is 260 g/mol. The summed E-state index contributed by atoms with van der Waals surface area (Å²) >= 11 is 3.28. The van der Waals surface area contributed by atoms with Crippen molar-refractivity contribution in [3.8, 4) is 0 Å². The Labute approximate surface area is 96.2 Å². The number of nitrogens with one attached hydrogen (secondary N) is 1. The molecule has 0 unspecified atom stereocenters. The molecule has 0 fully saturated rings. The van der Waals surface area contributed by atoms with Gasteiger partial charge in [0, 0.05) is 16.9 Å². The summed E-state index contributed by atoms with van der Waals surface area (Å²) in [5.41, 5.74) is 0.812. The molecule has 1 heterocycles. The Bertz CT molecular complexity index is 368. The van der Waals surface area contributed by atoms with E-state index in [1.807, 2.05) is 6.07 Å². The lowest BCUT2D eigenvalue weighted by Gasteiger charge is -2.15. The Hall–Kier alpha value is -1.36. The molecule has 0 bridgehead atoms. The minimum Gasteiger partial charge on any atom is -0.465 e. The lowest BCUT2D eigenvalue weighted by molar-refractivity contribution is 0.190. The van der Waals surface area contributed by atoms with Crippen molar-refractivity contribution in [3.05, 3.63) is 41.2 Å². The molecule has 0 aliphatic heterocycles. The summed E-state index contributed by atoms with van der Waals surface area (Å²) in [5.74, 6) is 0. The summed E-state index contributed by atoms with van der Waals surface area (Å²) in [6.45, 7) is 3.59. The molecule has 1 aromatic heterocycles. The highest BCUT2D eigenvalue weighted by Crippen LogP contribution is 2.19. The van der Waals surface area contributed by atoms with Gasteiger partial charge >= 0.3 is 6.09 Å². The van der Waals surface area contributed by atoms with E-state index in [4.69, 9.17) is 5.11 Å². The summed E-state index contributed by atoms with van der Waals surface area (Å²) in [4.78, 5) is 14.5. The first kappa shape index (κ1) is 11.7. The molecule has 15 heavy (non-hydrogen) atoms. The summed E-state index contributed by atoms with van der Waals surface area (Å²) in [5, 5.41) is 11.1. The van der Waals surface area contributed by atoms with E-state index >= 15 is 0 Å². The Morgan fingerprint density at radius 1 is 1.73 bits per heavy atom. The van der Waals surface area contributed by atoms with Crippen LogP contribution in [0.1, 0.15) is 18.0 Å². The predicted molar refractivity (Wildman–Crippen MR) is 60.7 cm³/mol. The van der Waals surface area contributed by atoms with E-state index in [1.54, 1.807) is 18.5 Å². The van der Waals surface area contributed by atoms with E-state index in [1.165, 1.54) is 0 Å². The zero-order chi connectivity index (χ0) is 11.3. The highest BCUT2D eigenvalue weighted by molar-refractivity contribution is 9.10. The third-order valence-corrected chi connectivity index (χ3v) is 2.26. The molecule has 1 atom stereocenters. The fraction of sp³-hybridized carbons (Fsp3) is 0.200. The van der Waals surface area contributed by atoms with Gasteiger partial charge in [0.25, 0.3) is 0 Å². The molecule has 0 aliphatic carbocycles. The van der Waals surface area contributed by atoms with Crippen LogP contribution < -0.4 is 5.32 Å². The number of pyridine rings is 1. The highest BCUT2D eigenvalue weighted by atomic mass is 79.9. The van der Waals surface area contributed by atoms with Gasteiger partial charge in [0.1, 0.15) is 0 Å². The molecule has 80 valence electrons. The molecule has 0 aliphatic rings. The minimum absolute atomic E-state index is 0.301. The molecule has 0 radical (unpaired) electrons. The van der Waals surface area contributed by atoms with Gasteiger partial charge in [-0.2, -0.15) is 0 Å². The van der Waals surface area contributed by atoms with E-state index in [0.29, 0.717) is 6.42 Å². The van der Waals surface area contributed by atoms with Crippen molar-refractivity contribution in [2.75, 3.05) is 0 Å². The molecule has 0 aromatic carbocycles. The summed E-state index contributed by atoms with van der Waals surface area (Å²) in [6.07, 6.45) is 4.43. The van der Waals surface area contributed by atoms with E-state index in [2.05, 4.69) is 32.8 Å². The largest absolute Gasteiger partial charge is 0.465 e. The Balaban J connectivity index is 2.87. The van der Waals surface area contributed by atoms with Gasteiger partial charge in [-0.3, -0.25) is 4.98 Å². The minimum atomic E-state index is -1.05. The molecule has 0 saturated carbocycles. The van der Waals surface area contributed by atoms with Crippen molar-refractivity contribution in [2.45, 2.75) is 12.5 Å². The van der Waals surface area contributed by atoms with Gasteiger partial charge in [-0.15, -0.1) is 6.58 Å². The van der Waals surface area contributed by atoms with Crippen molar-refractivity contribution < 1.29 is 9.90 Å². The smallest absolute Gasteiger partial charge is 0.405 e. The molecule has 0 saturated heterocycles. The second-order valence-electron chi connectivity index (χ2n) is 2.96. The van der Waals surface area contributed by atoms with Gasteiger partial charge in [-0.25, -0.2) is 4.79 Å². The molecule has 4 nitrogen and oxygen atoms in total. The van der Waals surface area contributed by atoms with Gasteiger partial charge < -0.3 is 10.4 Å². The molecule has 1 rings (SSSR count). The van der Waals surface area contributed by atoms with Gasteiger partial charge in [-0.05, 0) is 34.0 Å². The van der Waals surface area contributed by atoms with E-state index in [9.17, 15) is 4.79 Å². The molecular formula is C10H11BrN2O2. The van der Waals surface area contributed by atoms with Crippen LogP contribution in [0, 0.1) is 0 Å². The topological polar surface area (TPSA) is 62.2 Å². The van der Waals surface area contributed by atoms with Crippen LogP contribution in [-0.4, -0.2) is 16.2 Å². The predicted octanol–water partition coefficient (Wildman–Crippen LogP) is 2.73. The van der Waals surface area contributed by atoms with Crippen LogP contribution in [-0.2, 0) is 0 Å². The molecule has 2 N–H and O–H groups in total. The zero-order valence-electron chi connectivity index (χ0n) is 7.98. The average Bonchev–Trinajstić information content (AvgIpc) is 2.16. The number of carboxylic acid groups (broad SMARTS) is 1. The maximum Gasteiger partial charge on any atom is 0.405 e. The van der Waals surface area contributed by atoms with Gasteiger partial charge in [0.2, 0.25) is 0 Å². The summed E-state index contributed by atoms with van der Waals surface area (Å²) < 4.78 is 0.821. The third-order valence-electron chi connectivity index (χ3n) is 1.83. The molecule has 1 aromatic rings. The first-order valence-electron chi connectivity index (χ1n) is 4.34. The second kappa shape index (κ2) is 5.50. The standard InChI is InChI=1S/C10H11BrN2O2/c1-2-3-9(13-10(14)15)7-4-8(11)6-12-5-7/h2,4-6,9,13H,1,3H2,(H,14,15)/t9-/m0/s1. The monoisotopic (exact) mass is 270 g/mol. The van der Waals surface area contributed by atoms with Crippen LogP contribution in [0.5, 0.6) is 0 Å². The third kappa shape index (κ3) is 3.71. The fourth-order valence-electron chi connectivity index (χ4n) is 1.21. The Kier molecular flexibility index (Phi) is 4.30. The van der Waals surface area contributed by atoms with Gasteiger partial charge in [-0.1, -0.05) is 6.08 Å². The van der Waals surface area contributed by atoms with Crippen LogP contribution in [0.15, 0.2) is 35.6 Å². The van der Waals surface area contributed by atoms with Gasteiger partial charge in [0.15, 0.2) is 0 Å². The zero-order valence-corrected chi connectivity index (χ0v) is 9.57. The van der Waals surface area contributed by atoms with Gasteiger partial charge in [0.05, 0.1) is 6.04 Å². The lowest BCUT2D eigenvalue weighted by Crippen LogP contribution is -2.26. The highest BCUT2D eigenvalue weighted by Gasteiger charge is 2.12. The number of nitrogens with zero attached hydrogens (tertiary/aromatic N) is 1. The quantitative estimate of drug-likeness (QED) is 0.827.